The van der Waals surface area contributed by atoms with Crippen LogP contribution in [0.3, 0.4) is 0 Å². The lowest BCUT2D eigenvalue weighted by molar-refractivity contribution is 0.0485. The van der Waals surface area contributed by atoms with E-state index in [1.54, 1.807) is 0 Å². The molecule has 1 rings (SSSR count). The molecule has 0 spiro atoms. The minimum atomic E-state index is -0.422. The molecule has 1 aliphatic heterocycles. The highest BCUT2D eigenvalue weighted by atomic mass is 16.6. The lowest BCUT2D eigenvalue weighted by atomic mass is 9.95. The Morgan fingerprint density at radius 1 is 1.25 bits per heavy atom. The van der Waals surface area contributed by atoms with Crippen LogP contribution < -0.4 is 10.6 Å². The Labute approximate surface area is 98.1 Å². The van der Waals surface area contributed by atoms with Gasteiger partial charge < -0.3 is 15.4 Å². The third kappa shape index (κ3) is 4.84. The molecule has 0 aromatic carbocycles. The normalized spacial score (nSPS) is 30.9. The number of carbonyl (C=O) groups is 1. The van der Waals surface area contributed by atoms with Crippen molar-refractivity contribution in [1.82, 2.24) is 10.6 Å². The van der Waals surface area contributed by atoms with Crippen molar-refractivity contribution in [1.29, 1.82) is 0 Å². The van der Waals surface area contributed by atoms with Crippen LogP contribution in [-0.4, -0.2) is 29.8 Å². The summed E-state index contributed by atoms with van der Waals surface area (Å²) in [5.41, 5.74) is -0.422. The van der Waals surface area contributed by atoms with Gasteiger partial charge in [-0.15, -0.1) is 0 Å². The Hall–Kier alpha value is -0.770. The van der Waals surface area contributed by atoms with Crippen LogP contribution >= 0.6 is 0 Å². The highest BCUT2D eigenvalue weighted by molar-refractivity contribution is 5.68. The Morgan fingerprint density at radius 2 is 1.75 bits per heavy atom. The van der Waals surface area contributed by atoms with Crippen LogP contribution in [-0.2, 0) is 4.74 Å². The molecule has 1 aliphatic rings. The van der Waals surface area contributed by atoms with E-state index in [2.05, 4.69) is 24.5 Å². The monoisotopic (exact) mass is 228 g/mol. The predicted octanol–water partition coefficient (Wildman–Crippen LogP) is 2.04. The first-order chi connectivity index (χ1) is 7.26. The fraction of sp³-hybridized carbons (Fsp3) is 0.917. The standard InChI is InChI=1S/C12H24N2O2/c1-8-6-10(7-9(2)13-8)14-11(15)16-12(3,4)5/h8-10,13H,6-7H2,1-5H3,(H,14,15). The van der Waals surface area contributed by atoms with Crippen molar-refractivity contribution in [2.75, 3.05) is 0 Å². The zero-order valence-electron chi connectivity index (χ0n) is 11.0. The first-order valence-electron chi connectivity index (χ1n) is 6.02. The number of hydrogen-bond donors (Lipinski definition) is 2. The van der Waals surface area contributed by atoms with E-state index in [4.69, 9.17) is 4.74 Å². The zero-order valence-corrected chi connectivity index (χ0v) is 11.0. The lowest BCUT2D eigenvalue weighted by Gasteiger charge is -2.33. The summed E-state index contributed by atoms with van der Waals surface area (Å²) in [5.74, 6) is 0. The lowest BCUT2D eigenvalue weighted by Crippen LogP contribution is -2.51. The molecule has 4 nitrogen and oxygen atoms in total. The molecular weight excluding hydrogens is 204 g/mol. The van der Waals surface area contributed by atoms with Gasteiger partial charge in [0, 0.05) is 18.1 Å². The van der Waals surface area contributed by atoms with Crippen LogP contribution in [0.5, 0.6) is 0 Å². The first kappa shape index (κ1) is 13.3. The number of nitrogens with one attached hydrogen (secondary N) is 2. The Balaban J connectivity index is 2.39. The summed E-state index contributed by atoms with van der Waals surface area (Å²) in [6, 6.07) is 1.12. The second-order valence-corrected chi connectivity index (χ2v) is 5.78. The molecule has 1 saturated heterocycles. The Bertz CT molecular complexity index is 238. The number of carbonyl (C=O) groups excluding carboxylic acids is 1. The van der Waals surface area contributed by atoms with E-state index in [1.807, 2.05) is 20.8 Å². The maximum absolute atomic E-state index is 11.6. The largest absolute Gasteiger partial charge is 0.444 e. The van der Waals surface area contributed by atoms with Gasteiger partial charge in [-0.25, -0.2) is 4.79 Å². The molecule has 0 aromatic heterocycles. The average Bonchev–Trinajstić information content (AvgIpc) is 1.96. The van der Waals surface area contributed by atoms with Crippen molar-refractivity contribution in [3.05, 3.63) is 0 Å². The highest BCUT2D eigenvalue weighted by Gasteiger charge is 2.26. The highest BCUT2D eigenvalue weighted by Crippen LogP contribution is 2.14. The van der Waals surface area contributed by atoms with Crippen molar-refractivity contribution in [2.24, 2.45) is 0 Å². The van der Waals surface area contributed by atoms with Gasteiger partial charge in [0.15, 0.2) is 0 Å². The third-order valence-electron chi connectivity index (χ3n) is 2.57. The maximum Gasteiger partial charge on any atom is 0.407 e. The van der Waals surface area contributed by atoms with Crippen LogP contribution in [0.1, 0.15) is 47.5 Å². The number of rotatable bonds is 1. The molecular formula is C12H24N2O2. The summed E-state index contributed by atoms with van der Waals surface area (Å²) in [6.07, 6.45) is 1.62. The van der Waals surface area contributed by atoms with E-state index in [-0.39, 0.29) is 12.1 Å². The van der Waals surface area contributed by atoms with Crippen LogP contribution in [0, 0.1) is 0 Å². The van der Waals surface area contributed by atoms with Gasteiger partial charge in [0.25, 0.3) is 0 Å². The Kier molecular flexibility index (Phi) is 4.19. The quantitative estimate of drug-likeness (QED) is 0.722. The zero-order chi connectivity index (χ0) is 12.3. The van der Waals surface area contributed by atoms with Crippen molar-refractivity contribution < 1.29 is 9.53 Å². The molecule has 0 aromatic rings. The summed E-state index contributed by atoms with van der Waals surface area (Å²) < 4.78 is 5.24. The maximum atomic E-state index is 11.6. The molecule has 2 N–H and O–H groups in total. The minimum absolute atomic E-state index is 0.223. The molecule has 1 amide bonds. The summed E-state index contributed by atoms with van der Waals surface area (Å²) in [5, 5.41) is 6.37. The van der Waals surface area contributed by atoms with Crippen LogP contribution in [0.25, 0.3) is 0 Å². The summed E-state index contributed by atoms with van der Waals surface area (Å²) >= 11 is 0. The van der Waals surface area contributed by atoms with Gasteiger partial charge in [0.1, 0.15) is 5.60 Å². The molecule has 16 heavy (non-hydrogen) atoms. The fourth-order valence-electron chi connectivity index (χ4n) is 2.16. The molecule has 4 heteroatoms. The van der Waals surface area contributed by atoms with Gasteiger partial charge in [0.2, 0.25) is 0 Å². The summed E-state index contributed by atoms with van der Waals surface area (Å²) in [7, 11) is 0. The fourth-order valence-corrected chi connectivity index (χ4v) is 2.16. The van der Waals surface area contributed by atoms with Crippen molar-refractivity contribution >= 4 is 6.09 Å². The molecule has 94 valence electrons. The second kappa shape index (κ2) is 5.04. The second-order valence-electron chi connectivity index (χ2n) is 5.78. The number of alkyl carbamates (subject to hydrolysis) is 1. The molecule has 0 aliphatic carbocycles. The molecule has 1 heterocycles. The molecule has 2 unspecified atom stereocenters. The topological polar surface area (TPSA) is 50.4 Å². The van der Waals surface area contributed by atoms with Gasteiger partial charge in [-0.3, -0.25) is 0 Å². The van der Waals surface area contributed by atoms with Crippen LogP contribution in [0.15, 0.2) is 0 Å². The predicted molar refractivity (Wildman–Crippen MR) is 64.5 cm³/mol. The first-order valence-corrected chi connectivity index (χ1v) is 6.02. The average molecular weight is 228 g/mol. The van der Waals surface area contributed by atoms with Crippen molar-refractivity contribution in [2.45, 2.75) is 71.2 Å². The van der Waals surface area contributed by atoms with Crippen molar-refractivity contribution in [3.63, 3.8) is 0 Å². The van der Waals surface area contributed by atoms with Crippen LogP contribution in [0.4, 0.5) is 4.79 Å². The van der Waals surface area contributed by atoms with Gasteiger partial charge in [-0.05, 0) is 47.5 Å². The van der Waals surface area contributed by atoms with E-state index < -0.39 is 5.60 Å². The van der Waals surface area contributed by atoms with Crippen LogP contribution in [0.2, 0.25) is 0 Å². The summed E-state index contributed by atoms with van der Waals surface area (Å²) in [4.78, 5) is 11.6. The minimum Gasteiger partial charge on any atom is -0.444 e. The van der Waals surface area contributed by atoms with E-state index in [1.165, 1.54) is 0 Å². The van der Waals surface area contributed by atoms with E-state index in [0.29, 0.717) is 12.1 Å². The number of piperidine rings is 1. The van der Waals surface area contributed by atoms with Gasteiger partial charge in [-0.2, -0.15) is 0 Å². The molecule has 2 atom stereocenters. The summed E-state index contributed by atoms with van der Waals surface area (Å²) in [6.45, 7) is 9.90. The smallest absolute Gasteiger partial charge is 0.407 e. The Morgan fingerprint density at radius 3 is 2.19 bits per heavy atom. The van der Waals surface area contributed by atoms with Gasteiger partial charge in [-0.1, -0.05) is 0 Å². The van der Waals surface area contributed by atoms with E-state index >= 15 is 0 Å². The third-order valence-corrected chi connectivity index (χ3v) is 2.57. The SMILES string of the molecule is CC1CC(NC(=O)OC(C)(C)C)CC(C)N1. The number of amides is 1. The van der Waals surface area contributed by atoms with Gasteiger partial charge in [0.05, 0.1) is 0 Å². The van der Waals surface area contributed by atoms with Gasteiger partial charge >= 0.3 is 6.09 Å². The number of hydrogen-bond acceptors (Lipinski definition) is 3. The number of ether oxygens (including phenoxy) is 1. The van der Waals surface area contributed by atoms with Crippen molar-refractivity contribution in [3.8, 4) is 0 Å². The molecule has 0 saturated carbocycles. The van der Waals surface area contributed by atoms with E-state index in [9.17, 15) is 4.79 Å². The molecule has 0 bridgehead atoms. The van der Waals surface area contributed by atoms with E-state index in [0.717, 1.165) is 12.8 Å². The molecule has 0 radical (unpaired) electrons. The molecule has 1 fully saturated rings.